The summed E-state index contributed by atoms with van der Waals surface area (Å²) in [5.41, 5.74) is 2.07. The molecule has 0 heterocycles. The lowest BCUT2D eigenvalue weighted by Gasteiger charge is -2.07. The highest BCUT2D eigenvalue weighted by molar-refractivity contribution is 5.86. The summed E-state index contributed by atoms with van der Waals surface area (Å²) >= 11 is 0. The molecule has 0 atom stereocenters. The third kappa shape index (κ3) is 3.13. The maximum Gasteiger partial charge on any atom is 0.417 e. The lowest BCUT2D eigenvalue weighted by atomic mass is 10.1. The molecule has 0 bridgehead atoms. The van der Waals surface area contributed by atoms with Crippen molar-refractivity contribution in [2.75, 3.05) is 5.32 Å². The van der Waals surface area contributed by atoms with Gasteiger partial charge in [0, 0.05) is 5.69 Å². The molecule has 1 fully saturated rings. The van der Waals surface area contributed by atoms with Crippen LogP contribution in [0.5, 0.6) is 5.75 Å². The molecule has 1 amide bonds. The van der Waals surface area contributed by atoms with Gasteiger partial charge in [-0.05, 0) is 48.6 Å². The van der Waals surface area contributed by atoms with Crippen molar-refractivity contribution in [2.24, 2.45) is 0 Å². The smallest absolute Gasteiger partial charge is 0.410 e. The first-order chi connectivity index (χ1) is 9.31. The first kappa shape index (κ1) is 11.8. The number of para-hydroxylation sites is 1. The van der Waals surface area contributed by atoms with Crippen molar-refractivity contribution < 1.29 is 9.53 Å². The van der Waals surface area contributed by atoms with Crippen LogP contribution in [-0.2, 0) is 0 Å². The third-order valence-corrected chi connectivity index (χ3v) is 3.14. The number of carbonyl (C=O) groups is 1. The van der Waals surface area contributed by atoms with Gasteiger partial charge in [-0.2, -0.15) is 0 Å². The van der Waals surface area contributed by atoms with Crippen LogP contribution in [0.2, 0.25) is 0 Å². The minimum atomic E-state index is -0.459. The summed E-state index contributed by atoms with van der Waals surface area (Å²) in [5.74, 6) is 1.21. The van der Waals surface area contributed by atoms with Crippen LogP contribution in [0.25, 0.3) is 0 Å². The Hall–Kier alpha value is -2.29. The first-order valence-corrected chi connectivity index (χ1v) is 6.45. The van der Waals surface area contributed by atoms with Crippen molar-refractivity contribution in [3.8, 4) is 5.75 Å². The highest BCUT2D eigenvalue weighted by atomic mass is 16.6. The van der Waals surface area contributed by atoms with Crippen molar-refractivity contribution in [3.05, 3.63) is 60.2 Å². The van der Waals surface area contributed by atoms with E-state index in [1.54, 1.807) is 12.1 Å². The molecular formula is C16H15NO2. The molecule has 2 aromatic carbocycles. The number of amides is 1. The van der Waals surface area contributed by atoms with E-state index in [2.05, 4.69) is 11.4 Å². The summed E-state index contributed by atoms with van der Waals surface area (Å²) in [6.07, 6.45) is 2.04. The number of nitrogens with one attached hydrogen (secondary N) is 1. The topological polar surface area (TPSA) is 38.3 Å². The Bertz CT molecular complexity index is 576. The molecular weight excluding hydrogens is 238 g/mol. The minimum absolute atomic E-state index is 0.459. The molecule has 0 unspecified atom stereocenters. The number of hydrogen-bond acceptors (Lipinski definition) is 2. The fourth-order valence-electron chi connectivity index (χ4n) is 2.03. The molecule has 1 aliphatic carbocycles. The van der Waals surface area contributed by atoms with E-state index in [9.17, 15) is 4.79 Å². The Morgan fingerprint density at radius 1 is 1.05 bits per heavy atom. The van der Waals surface area contributed by atoms with E-state index in [1.807, 2.05) is 36.4 Å². The number of carbonyl (C=O) groups excluding carboxylic acids is 1. The number of benzene rings is 2. The van der Waals surface area contributed by atoms with Crippen LogP contribution < -0.4 is 10.1 Å². The molecule has 96 valence electrons. The average Bonchev–Trinajstić information content (AvgIpc) is 3.24. The van der Waals surface area contributed by atoms with Crippen LogP contribution in [-0.4, -0.2) is 6.09 Å². The standard InChI is InChI=1S/C16H15NO2/c18-16(19-15-7-2-1-3-8-15)17-14-6-4-5-13(11-14)12-9-10-12/h1-8,11-12H,9-10H2,(H,17,18). The zero-order chi connectivity index (χ0) is 13.1. The summed E-state index contributed by atoms with van der Waals surface area (Å²) in [6, 6.07) is 17.0. The van der Waals surface area contributed by atoms with Crippen molar-refractivity contribution >= 4 is 11.8 Å². The Morgan fingerprint density at radius 2 is 1.84 bits per heavy atom. The molecule has 0 spiro atoms. The molecule has 0 saturated heterocycles. The van der Waals surface area contributed by atoms with Crippen LogP contribution in [0.1, 0.15) is 24.3 Å². The minimum Gasteiger partial charge on any atom is -0.410 e. The molecule has 3 heteroatoms. The number of ether oxygens (including phenoxy) is 1. The molecule has 0 radical (unpaired) electrons. The van der Waals surface area contributed by atoms with Gasteiger partial charge in [-0.25, -0.2) is 4.79 Å². The predicted octanol–water partition coefficient (Wildman–Crippen LogP) is 4.17. The van der Waals surface area contributed by atoms with Gasteiger partial charge in [0.1, 0.15) is 5.75 Å². The lowest BCUT2D eigenvalue weighted by molar-refractivity contribution is 0.215. The van der Waals surface area contributed by atoms with Crippen LogP contribution in [0.4, 0.5) is 10.5 Å². The van der Waals surface area contributed by atoms with Crippen molar-refractivity contribution in [2.45, 2.75) is 18.8 Å². The van der Waals surface area contributed by atoms with Crippen molar-refractivity contribution in [1.82, 2.24) is 0 Å². The molecule has 0 aliphatic heterocycles. The second-order valence-corrected chi connectivity index (χ2v) is 4.73. The van der Waals surface area contributed by atoms with Gasteiger partial charge < -0.3 is 4.74 Å². The molecule has 19 heavy (non-hydrogen) atoms. The maximum absolute atomic E-state index is 11.7. The van der Waals surface area contributed by atoms with Gasteiger partial charge in [-0.15, -0.1) is 0 Å². The van der Waals surface area contributed by atoms with Gasteiger partial charge in [0.25, 0.3) is 0 Å². The maximum atomic E-state index is 11.7. The zero-order valence-corrected chi connectivity index (χ0v) is 10.5. The molecule has 3 rings (SSSR count). The van der Waals surface area contributed by atoms with Crippen molar-refractivity contribution in [1.29, 1.82) is 0 Å². The largest absolute Gasteiger partial charge is 0.417 e. The number of anilines is 1. The van der Waals surface area contributed by atoms with Crippen LogP contribution in [0.15, 0.2) is 54.6 Å². The molecule has 0 aromatic heterocycles. The van der Waals surface area contributed by atoms with Gasteiger partial charge in [-0.3, -0.25) is 5.32 Å². The Labute approximate surface area is 112 Å². The highest BCUT2D eigenvalue weighted by Crippen LogP contribution is 2.40. The number of rotatable bonds is 3. The van der Waals surface area contributed by atoms with Gasteiger partial charge >= 0.3 is 6.09 Å². The lowest BCUT2D eigenvalue weighted by Crippen LogP contribution is -2.16. The molecule has 1 aliphatic rings. The Morgan fingerprint density at radius 3 is 2.58 bits per heavy atom. The van der Waals surface area contributed by atoms with E-state index < -0.39 is 6.09 Å². The summed E-state index contributed by atoms with van der Waals surface area (Å²) in [7, 11) is 0. The van der Waals surface area contributed by atoms with Crippen LogP contribution >= 0.6 is 0 Å². The monoisotopic (exact) mass is 253 g/mol. The number of hydrogen-bond donors (Lipinski definition) is 1. The van der Waals surface area contributed by atoms with Gasteiger partial charge in [-0.1, -0.05) is 30.3 Å². The Balaban J connectivity index is 1.64. The van der Waals surface area contributed by atoms with Gasteiger partial charge in [0.05, 0.1) is 0 Å². The second-order valence-electron chi connectivity index (χ2n) is 4.73. The first-order valence-electron chi connectivity index (χ1n) is 6.45. The molecule has 3 nitrogen and oxygen atoms in total. The highest BCUT2D eigenvalue weighted by Gasteiger charge is 2.23. The average molecular weight is 253 g/mol. The summed E-state index contributed by atoms with van der Waals surface area (Å²) in [6.45, 7) is 0. The van der Waals surface area contributed by atoms with E-state index in [0.29, 0.717) is 11.7 Å². The van der Waals surface area contributed by atoms with E-state index >= 15 is 0 Å². The Kier molecular flexibility index (Phi) is 3.19. The summed E-state index contributed by atoms with van der Waals surface area (Å²) in [5, 5.41) is 2.75. The van der Waals surface area contributed by atoms with Crippen molar-refractivity contribution in [3.63, 3.8) is 0 Å². The zero-order valence-electron chi connectivity index (χ0n) is 10.5. The fraction of sp³-hybridized carbons (Fsp3) is 0.188. The van der Waals surface area contributed by atoms with E-state index in [1.165, 1.54) is 18.4 Å². The molecule has 1 N–H and O–H groups in total. The van der Waals surface area contributed by atoms with E-state index in [0.717, 1.165) is 5.69 Å². The summed E-state index contributed by atoms with van der Waals surface area (Å²) in [4.78, 5) is 11.7. The van der Waals surface area contributed by atoms with Gasteiger partial charge in [0.2, 0.25) is 0 Å². The molecule has 1 saturated carbocycles. The van der Waals surface area contributed by atoms with E-state index in [4.69, 9.17) is 4.74 Å². The summed E-state index contributed by atoms with van der Waals surface area (Å²) < 4.78 is 5.18. The van der Waals surface area contributed by atoms with Crippen LogP contribution in [0.3, 0.4) is 0 Å². The third-order valence-electron chi connectivity index (χ3n) is 3.14. The quantitative estimate of drug-likeness (QED) is 0.891. The molecule has 2 aromatic rings. The van der Waals surface area contributed by atoms with Gasteiger partial charge in [0.15, 0.2) is 0 Å². The SMILES string of the molecule is O=C(Nc1cccc(C2CC2)c1)Oc1ccccc1. The normalized spacial score (nSPS) is 13.9. The van der Waals surface area contributed by atoms with E-state index in [-0.39, 0.29) is 0 Å². The predicted molar refractivity (Wildman–Crippen MR) is 74.5 cm³/mol. The fourth-order valence-corrected chi connectivity index (χ4v) is 2.03. The van der Waals surface area contributed by atoms with Crippen LogP contribution in [0, 0.1) is 0 Å². The second kappa shape index (κ2) is 5.14.